The van der Waals surface area contributed by atoms with E-state index in [9.17, 15) is 19.4 Å². The Balaban J connectivity index is 1.71. The minimum absolute atomic E-state index is 0.103. The van der Waals surface area contributed by atoms with Gasteiger partial charge in [0.2, 0.25) is 6.41 Å². The van der Waals surface area contributed by atoms with Gasteiger partial charge in [-0.3, -0.25) is 9.69 Å². The number of phenolic OH excluding ortho intramolecular Hbond substituents is 1. The molecule has 0 spiro atoms. The van der Waals surface area contributed by atoms with Gasteiger partial charge in [0.25, 0.3) is 0 Å². The number of amides is 1. The Bertz CT molecular complexity index is 1270. The molecule has 1 fully saturated rings. The Morgan fingerprint density at radius 3 is 2.43 bits per heavy atom. The number of aliphatic hydroxyl groups excluding tert-OH is 1. The van der Waals surface area contributed by atoms with Crippen molar-refractivity contribution in [3.63, 3.8) is 0 Å². The molecule has 7 nitrogen and oxygen atoms in total. The second kappa shape index (κ2) is 10.3. The van der Waals surface area contributed by atoms with Gasteiger partial charge in [0.1, 0.15) is 17.4 Å². The summed E-state index contributed by atoms with van der Waals surface area (Å²) >= 11 is 6.46. The summed E-state index contributed by atoms with van der Waals surface area (Å²) in [4.78, 5) is 21.0. The number of β-amino-alcohol motifs (C(OH)–C–C–N with tert-alkyl or cyclic N) is 1. The summed E-state index contributed by atoms with van der Waals surface area (Å²) in [5, 5.41) is 21.2. The fourth-order valence-corrected chi connectivity index (χ4v) is 4.29. The summed E-state index contributed by atoms with van der Waals surface area (Å²) in [6.45, 7) is 1.15. The molecule has 0 radical (unpaired) electrons. The number of halogens is 2. The number of aromatic nitrogens is 1. The highest BCUT2D eigenvalue weighted by Gasteiger charge is 2.22. The Morgan fingerprint density at radius 2 is 1.83 bits per heavy atom. The first-order valence-corrected chi connectivity index (χ1v) is 11.4. The van der Waals surface area contributed by atoms with Crippen LogP contribution in [0.3, 0.4) is 0 Å². The number of anilines is 2. The van der Waals surface area contributed by atoms with E-state index in [4.69, 9.17) is 11.6 Å². The number of carbonyl (C=O) groups excluding carboxylic acids is 1. The maximum atomic E-state index is 14.7. The van der Waals surface area contributed by atoms with Gasteiger partial charge in [-0.05, 0) is 53.9 Å². The van der Waals surface area contributed by atoms with Gasteiger partial charge >= 0.3 is 0 Å². The zero-order chi connectivity index (χ0) is 25.1. The van der Waals surface area contributed by atoms with E-state index in [-0.39, 0.29) is 16.3 Å². The number of aliphatic hydroxyl groups is 1. The number of carbonyl (C=O) groups is 1. The molecule has 9 heteroatoms. The standard InChI is InChI=1S/C26H26ClFN4O3/c1-30(2)9-10-32(16-33)24-4-3-17(11-23(24)27)21-13-19(28)14-22(26(21)35)18-5-7-29-25(12-18)31-8-6-20(34)15-31/h3-5,7,9-14,16,20,34-35H,6,8,15H2,1-2H3/b10-9-. The van der Waals surface area contributed by atoms with Crippen molar-refractivity contribution in [3.8, 4) is 28.0 Å². The monoisotopic (exact) mass is 496 g/mol. The highest BCUT2D eigenvalue weighted by Crippen LogP contribution is 2.41. The normalized spacial score (nSPS) is 15.6. The van der Waals surface area contributed by atoms with E-state index in [0.717, 1.165) is 0 Å². The van der Waals surface area contributed by atoms with Gasteiger partial charge in [0.15, 0.2) is 0 Å². The Morgan fingerprint density at radius 1 is 1.11 bits per heavy atom. The molecule has 2 N–H and O–H groups in total. The van der Waals surface area contributed by atoms with Crippen molar-refractivity contribution in [2.24, 2.45) is 0 Å². The Labute approximate surface area is 208 Å². The fourth-order valence-electron chi connectivity index (χ4n) is 4.01. The largest absolute Gasteiger partial charge is 0.507 e. The van der Waals surface area contributed by atoms with E-state index in [1.807, 2.05) is 19.0 Å². The van der Waals surface area contributed by atoms with Crippen LogP contribution in [-0.4, -0.2) is 59.8 Å². The molecule has 1 aliphatic rings. The lowest BCUT2D eigenvalue weighted by molar-refractivity contribution is -0.106. The SMILES string of the molecule is CN(C)/C=C\N(C=O)c1ccc(-c2cc(F)cc(-c3ccnc(N4CCC(O)C4)c3)c2O)cc1Cl. The van der Waals surface area contributed by atoms with Crippen LogP contribution in [0.25, 0.3) is 22.3 Å². The van der Waals surface area contributed by atoms with Gasteiger partial charge < -0.3 is 20.0 Å². The highest BCUT2D eigenvalue weighted by atomic mass is 35.5. The van der Waals surface area contributed by atoms with E-state index in [1.165, 1.54) is 17.0 Å². The number of hydrogen-bond acceptors (Lipinski definition) is 6. The van der Waals surface area contributed by atoms with Crippen LogP contribution in [0.4, 0.5) is 15.9 Å². The smallest absolute Gasteiger partial charge is 0.218 e. The zero-order valence-corrected chi connectivity index (χ0v) is 20.2. The molecule has 182 valence electrons. The maximum Gasteiger partial charge on any atom is 0.218 e. The third kappa shape index (κ3) is 5.39. The number of benzene rings is 2. The predicted octanol–water partition coefficient (Wildman–Crippen LogP) is 4.48. The van der Waals surface area contributed by atoms with Crippen LogP contribution in [0.5, 0.6) is 5.75 Å². The summed E-state index contributed by atoms with van der Waals surface area (Å²) in [7, 11) is 3.66. The van der Waals surface area contributed by atoms with E-state index >= 15 is 0 Å². The van der Waals surface area contributed by atoms with Crippen LogP contribution in [0.2, 0.25) is 5.02 Å². The Kier molecular flexibility index (Phi) is 7.23. The maximum absolute atomic E-state index is 14.7. The number of rotatable bonds is 7. The van der Waals surface area contributed by atoms with Gasteiger partial charge in [0.05, 0.1) is 16.8 Å². The molecule has 1 unspecified atom stereocenters. The molecule has 1 aliphatic heterocycles. The molecule has 1 aromatic heterocycles. The van der Waals surface area contributed by atoms with Gasteiger partial charge in [-0.2, -0.15) is 0 Å². The third-order valence-electron chi connectivity index (χ3n) is 5.79. The lowest BCUT2D eigenvalue weighted by Gasteiger charge is -2.18. The molecule has 0 bridgehead atoms. The molecular formula is C26H26ClFN4O3. The summed E-state index contributed by atoms with van der Waals surface area (Å²) in [5.41, 5.74) is 2.12. The number of aromatic hydroxyl groups is 1. The highest BCUT2D eigenvalue weighted by molar-refractivity contribution is 6.34. The second-order valence-corrected chi connectivity index (χ2v) is 8.99. The van der Waals surface area contributed by atoms with E-state index in [0.29, 0.717) is 54.1 Å². The molecule has 35 heavy (non-hydrogen) atoms. The van der Waals surface area contributed by atoms with Gasteiger partial charge in [-0.1, -0.05) is 17.7 Å². The van der Waals surface area contributed by atoms with Crippen LogP contribution < -0.4 is 9.80 Å². The fraction of sp³-hybridized carbons (Fsp3) is 0.231. The van der Waals surface area contributed by atoms with Crippen molar-refractivity contribution in [1.29, 1.82) is 0 Å². The van der Waals surface area contributed by atoms with Crippen molar-refractivity contribution in [2.45, 2.75) is 12.5 Å². The molecule has 0 saturated carbocycles. The molecule has 2 aromatic carbocycles. The predicted molar refractivity (Wildman–Crippen MR) is 136 cm³/mol. The molecule has 1 atom stereocenters. The molecular weight excluding hydrogens is 471 g/mol. The minimum Gasteiger partial charge on any atom is -0.507 e. The van der Waals surface area contributed by atoms with Crippen molar-refractivity contribution in [2.75, 3.05) is 37.0 Å². The number of nitrogens with zero attached hydrogens (tertiary/aromatic N) is 4. The molecule has 4 rings (SSSR count). The first-order valence-electron chi connectivity index (χ1n) is 11.1. The summed E-state index contributed by atoms with van der Waals surface area (Å²) in [6.07, 6.45) is 5.77. The molecule has 0 aliphatic carbocycles. The molecule has 1 saturated heterocycles. The van der Waals surface area contributed by atoms with Crippen LogP contribution in [0.15, 0.2) is 61.1 Å². The van der Waals surface area contributed by atoms with Gasteiger partial charge in [-0.25, -0.2) is 9.37 Å². The lowest BCUT2D eigenvalue weighted by atomic mass is 9.97. The van der Waals surface area contributed by atoms with Crippen molar-refractivity contribution >= 4 is 29.5 Å². The average Bonchev–Trinajstić information content (AvgIpc) is 3.27. The molecule has 2 heterocycles. The average molecular weight is 497 g/mol. The quantitative estimate of drug-likeness (QED) is 0.469. The first-order chi connectivity index (χ1) is 16.8. The minimum atomic E-state index is -0.522. The first kappa shape index (κ1) is 24.5. The number of hydrogen-bond donors (Lipinski definition) is 2. The van der Waals surface area contributed by atoms with Crippen LogP contribution in [0.1, 0.15) is 6.42 Å². The summed E-state index contributed by atoms with van der Waals surface area (Å²) in [6, 6.07) is 10.9. The second-order valence-electron chi connectivity index (χ2n) is 8.58. The molecule has 3 aromatic rings. The topological polar surface area (TPSA) is 80.1 Å². The summed E-state index contributed by atoms with van der Waals surface area (Å²) in [5.74, 6) is 0.0244. The van der Waals surface area contributed by atoms with E-state index in [1.54, 1.807) is 53.8 Å². The van der Waals surface area contributed by atoms with E-state index in [2.05, 4.69) is 4.98 Å². The third-order valence-corrected chi connectivity index (χ3v) is 6.10. The van der Waals surface area contributed by atoms with Crippen LogP contribution in [0, 0.1) is 5.82 Å². The number of pyridine rings is 1. The van der Waals surface area contributed by atoms with E-state index < -0.39 is 11.9 Å². The number of phenols is 1. The van der Waals surface area contributed by atoms with Crippen LogP contribution in [-0.2, 0) is 4.79 Å². The van der Waals surface area contributed by atoms with Gasteiger partial charge in [0, 0.05) is 56.9 Å². The van der Waals surface area contributed by atoms with Gasteiger partial charge in [-0.15, -0.1) is 0 Å². The lowest BCUT2D eigenvalue weighted by Crippen LogP contribution is -2.22. The van der Waals surface area contributed by atoms with Crippen molar-refractivity contribution in [1.82, 2.24) is 9.88 Å². The Hall–Kier alpha value is -3.62. The zero-order valence-electron chi connectivity index (χ0n) is 19.4. The van der Waals surface area contributed by atoms with Crippen molar-refractivity contribution in [3.05, 3.63) is 71.9 Å². The summed E-state index contributed by atoms with van der Waals surface area (Å²) < 4.78 is 14.7. The molecule has 1 amide bonds. The van der Waals surface area contributed by atoms with Crippen molar-refractivity contribution < 1.29 is 19.4 Å². The van der Waals surface area contributed by atoms with Crippen LogP contribution >= 0.6 is 11.6 Å².